The molecular formula is C26H25FO6. The number of fused-ring (bicyclic) bond motifs is 1. The van der Waals surface area contributed by atoms with E-state index in [-0.39, 0.29) is 19.6 Å². The Morgan fingerprint density at radius 1 is 1.03 bits per heavy atom. The van der Waals surface area contributed by atoms with Gasteiger partial charge in [0, 0.05) is 23.1 Å². The molecular weight excluding hydrogens is 427 g/mol. The van der Waals surface area contributed by atoms with Gasteiger partial charge < -0.3 is 23.7 Å². The first-order valence-corrected chi connectivity index (χ1v) is 10.6. The average molecular weight is 452 g/mol. The third kappa shape index (κ3) is 5.43. The van der Waals surface area contributed by atoms with E-state index in [1.807, 2.05) is 42.5 Å². The van der Waals surface area contributed by atoms with Crippen molar-refractivity contribution in [3.05, 3.63) is 88.7 Å². The highest BCUT2D eigenvalue weighted by Crippen LogP contribution is 2.37. The molecule has 33 heavy (non-hydrogen) atoms. The van der Waals surface area contributed by atoms with Crippen LogP contribution in [-0.4, -0.2) is 20.2 Å². The summed E-state index contributed by atoms with van der Waals surface area (Å²) in [5.41, 5.74) is 2.82. The molecule has 0 aromatic heterocycles. The first kappa shape index (κ1) is 22.6. The third-order valence-corrected chi connectivity index (χ3v) is 5.35. The second kappa shape index (κ2) is 10.4. The minimum absolute atomic E-state index is 0.0909. The number of methoxy groups -OCH3 is 2. The summed E-state index contributed by atoms with van der Waals surface area (Å²) >= 11 is 0. The summed E-state index contributed by atoms with van der Waals surface area (Å²) in [7, 11) is 3.13. The second-order valence-corrected chi connectivity index (χ2v) is 7.57. The topological polar surface area (TPSA) is 63.2 Å². The minimum Gasteiger partial charge on any atom is -0.493 e. The molecule has 6 nitrogen and oxygen atoms in total. The molecule has 1 unspecified atom stereocenters. The summed E-state index contributed by atoms with van der Waals surface area (Å²) in [4.78, 5) is 12.4. The number of benzene rings is 3. The zero-order valence-electron chi connectivity index (χ0n) is 18.5. The van der Waals surface area contributed by atoms with E-state index in [1.165, 1.54) is 12.1 Å². The lowest BCUT2D eigenvalue weighted by molar-refractivity contribution is -0.145. The molecule has 3 aromatic rings. The van der Waals surface area contributed by atoms with Crippen molar-refractivity contribution in [3.8, 4) is 17.2 Å². The molecule has 0 fully saturated rings. The van der Waals surface area contributed by atoms with Crippen LogP contribution in [0.4, 0.5) is 4.39 Å². The number of ether oxygens (including phenoxy) is 5. The minimum atomic E-state index is -0.608. The van der Waals surface area contributed by atoms with Gasteiger partial charge in [-0.1, -0.05) is 36.4 Å². The molecule has 7 heteroatoms. The number of esters is 1. The third-order valence-electron chi connectivity index (χ3n) is 5.35. The molecule has 0 spiro atoms. The molecule has 1 aliphatic heterocycles. The van der Waals surface area contributed by atoms with Crippen molar-refractivity contribution in [1.82, 2.24) is 0 Å². The molecule has 0 amide bonds. The van der Waals surface area contributed by atoms with Crippen LogP contribution in [0.25, 0.3) is 0 Å². The Hall–Kier alpha value is -3.58. The largest absolute Gasteiger partial charge is 0.493 e. The fourth-order valence-corrected chi connectivity index (χ4v) is 3.67. The SMILES string of the molecule is COc1ccc(CCC(=O)OCc2cc(F)cc3c2OC(c2ccccc2)OC3)cc1OC. The standard InChI is InChI=1S/C26H25FO6/c1-29-22-10-8-17(12-23(22)30-2)9-11-24(28)31-15-19-13-21(27)14-20-16-32-26(33-25(19)20)18-6-4-3-5-7-18/h3-8,10,12-14,26H,9,11,15-16H2,1-2H3. The molecule has 0 saturated heterocycles. The van der Waals surface area contributed by atoms with Gasteiger partial charge in [0.2, 0.25) is 6.29 Å². The van der Waals surface area contributed by atoms with E-state index in [0.29, 0.717) is 34.8 Å². The predicted molar refractivity (Wildman–Crippen MR) is 119 cm³/mol. The van der Waals surface area contributed by atoms with Crippen molar-refractivity contribution >= 4 is 5.97 Å². The monoisotopic (exact) mass is 452 g/mol. The molecule has 1 atom stereocenters. The van der Waals surface area contributed by atoms with Crippen molar-refractivity contribution < 1.29 is 32.9 Å². The summed E-state index contributed by atoms with van der Waals surface area (Å²) in [5, 5.41) is 0. The van der Waals surface area contributed by atoms with E-state index in [9.17, 15) is 9.18 Å². The number of carbonyl (C=O) groups excluding carboxylic acids is 1. The van der Waals surface area contributed by atoms with Gasteiger partial charge in [0.15, 0.2) is 11.5 Å². The highest BCUT2D eigenvalue weighted by atomic mass is 19.1. The van der Waals surface area contributed by atoms with Gasteiger partial charge in [-0.25, -0.2) is 4.39 Å². The quantitative estimate of drug-likeness (QED) is 0.442. The molecule has 0 saturated carbocycles. The lowest BCUT2D eigenvalue weighted by atomic mass is 10.1. The number of carbonyl (C=O) groups is 1. The summed E-state index contributed by atoms with van der Waals surface area (Å²) in [6.45, 7) is 0.110. The zero-order valence-corrected chi connectivity index (χ0v) is 18.5. The molecule has 4 rings (SSSR count). The van der Waals surface area contributed by atoms with Crippen molar-refractivity contribution in [3.63, 3.8) is 0 Å². The van der Waals surface area contributed by atoms with Crippen molar-refractivity contribution in [1.29, 1.82) is 0 Å². The molecule has 0 N–H and O–H groups in total. The molecule has 1 heterocycles. The van der Waals surface area contributed by atoms with E-state index in [2.05, 4.69) is 0 Å². The van der Waals surface area contributed by atoms with E-state index >= 15 is 0 Å². The average Bonchev–Trinajstić information content (AvgIpc) is 2.86. The van der Waals surface area contributed by atoms with Gasteiger partial charge in [-0.2, -0.15) is 0 Å². The highest BCUT2D eigenvalue weighted by Gasteiger charge is 2.25. The van der Waals surface area contributed by atoms with E-state index in [4.69, 9.17) is 23.7 Å². The van der Waals surface area contributed by atoms with Gasteiger partial charge in [0.05, 0.1) is 20.8 Å². The summed E-state index contributed by atoms with van der Waals surface area (Å²) < 4.78 is 41.8. The summed E-state index contributed by atoms with van der Waals surface area (Å²) in [5.74, 6) is 0.883. The number of hydrogen-bond donors (Lipinski definition) is 0. The van der Waals surface area contributed by atoms with Crippen LogP contribution >= 0.6 is 0 Å². The van der Waals surface area contributed by atoms with Crippen LogP contribution in [0, 0.1) is 5.82 Å². The first-order valence-electron chi connectivity index (χ1n) is 10.6. The van der Waals surface area contributed by atoms with Gasteiger partial charge in [-0.3, -0.25) is 4.79 Å². The highest BCUT2D eigenvalue weighted by molar-refractivity contribution is 5.70. The number of aryl methyl sites for hydroxylation is 1. The number of halogens is 1. The number of rotatable bonds is 8. The van der Waals surface area contributed by atoms with E-state index < -0.39 is 18.1 Å². The zero-order chi connectivity index (χ0) is 23.2. The van der Waals surface area contributed by atoms with Crippen LogP contribution < -0.4 is 14.2 Å². The van der Waals surface area contributed by atoms with Crippen LogP contribution in [-0.2, 0) is 33.9 Å². The Labute approximate surface area is 191 Å². The van der Waals surface area contributed by atoms with Crippen LogP contribution in [0.15, 0.2) is 60.7 Å². The fraction of sp³-hybridized carbons (Fsp3) is 0.269. The van der Waals surface area contributed by atoms with Crippen LogP contribution in [0.5, 0.6) is 17.2 Å². The molecule has 172 valence electrons. The van der Waals surface area contributed by atoms with Gasteiger partial charge in [0.1, 0.15) is 18.2 Å². The van der Waals surface area contributed by atoms with Crippen molar-refractivity contribution in [2.75, 3.05) is 14.2 Å². The fourth-order valence-electron chi connectivity index (χ4n) is 3.67. The van der Waals surface area contributed by atoms with Crippen molar-refractivity contribution in [2.24, 2.45) is 0 Å². The Kier molecular flexibility index (Phi) is 7.10. The lowest BCUT2D eigenvalue weighted by Crippen LogP contribution is -2.20. The molecule has 0 bridgehead atoms. The van der Waals surface area contributed by atoms with Crippen LogP contribution in [0.3, 0.4) is 0 Å². The van der Waals surface area contributed by atoms with Crippen LogP contribution in [0.1, 0.15) is 35.0 Å². The Morgan fingerprint density at radius 3 is 2.58 bits per heavy atom. The Bertz CT molecular complexity index is 1120. The Morgan fingerprint density at radius 2 is 1.82 bits per heavy atom. The van der Waals surface area contributed by atoms with Gasteiger partial charge in [-0.05, 0) is 36.2 Å². The lowest BCUT2D eigenvalue weighted by Gasteiger charge is -2.28. The summed E-state index contributed by atoms with van der Waals surface area (Å²) in [6.07, 6.45) is 0.0356. The second-order valence-electron chi connectivity index (χ2n) is 7.57. The predicted octanol–water partition coefficient (Wildman–Crippen LogP) is 5.13. The van der Waals surface area contributed by atoms with E-state index in [0.717, 1.165) is 11.1 Å². The smallest absolute Gasteiger partial charge is 0.306 e. The number of hydrogen-bond acceptors (Lipinski definition) is 6. The summed E-state index contributed by atoms with van der Waals surface area (Å²) in [6, 6.07) is 17.7. The Balaban J connectivity index is 1.39. The van der Waals surface area contributed by atoms with Crippen LogP contribution in [0.2, 0.25) is 0 Å². The maximum absolute atomic E-state index is 14.1. The maximum atomic E-state index is 14.1. The van der Waals surface area contributed by atoms with Gasteiger partial charge >= 0.3 is 5.97 Å². The molecule has 3 aromatic carbocycles. The van der Waals surface area contributed by atoms with Gasteiger partial charge in [0.25, 0.3) is 0 Å². The molecule has 0 aliphatic carbocycles. The first-order chi connectivity index (χ1) is 16.1. The molecule has 1 aliphatic rings. The normalized spacial score (nSPS) is 14.7. The molecule has 0 radical (unpaired) electrons. The van der Waals surface area contributed by atoms with Crippen molar-refractivity contribution in [2.45, 2.75) is 32.3 Å². The van der Waals surface area contributed by atoms with E-state index in [1.54, 1.807) is 20.3 Å². The van der Waals surface area contributed by atoms with Gasteiger partial charge in [-0.15, -0.1) is 0 Å². The maximum Gasteiger partial charge on any atom is 0.306 e.